The van der Waals surface area contributed by atoms with Crippen molar-refractivity contribution in [3.05, 3.63) is 34.0 Å². The highest BCUT2D eigenvalue weighted by Crippen LogP contribution is 2.13. The van der Waals surface area contributed by atoms with Crippen LogP contribution in [0.25, 0.3) is 5.65 Å². The molecule has 0 aromatic carbocycles. The normalized spacial score (nSPS) is 11.1. The molecule has 0 amide bonds. The lowest BCUT2D eigenvalue weighted by Crippen LogP contribution is -2.10. The summed E-state index contributed by atoms with van der Waals surface area (Å²) >= 11 is 1.63. The zero-order valence-corrected chi connectivity index (χ0v) is 11.6. The predicted octanol–water partition coefficient (Wildman–Crippen LogP) is 1.85. The van der Waals surface area contributed by atoms with Gasteiger partial charge in [-0.25, -0.2) is 4.98 Å². The van der Waals surface area contributed by atoms with E-state index in [4.69, 9.17) is 0 Å². The van der Waals surface area contributed by atoms with Crippen LogP contribution in [0.1, 0.15) is 15.7 Å². The van der Waals surface area contributed by atoms with E-state index in [-0.39, 0.29) is 0 Å². The zero-order chi connectivity index (χ0) is 13.2. The first-order chi connectivity index (χ1) is 9.22. The third-order valence-electron chi connectivity index (χ3n) is 2.70. The Kier molecular flexibility index (Phi) is 3.12. The molecule has 0 spiro atoms. The maximum atomic E-state index is 4.41. The fourth-order valence-corrected chi connectivity index (χ4v) is 2.61. The molecule has 0 aliphatic rings. The average molecular weight is 274 g/mol. The molecule has 98 valence electrons. The van der Waals surface area contributed by atoms with Gasteiger partial charge in [-0.2, -0.15) is 9.61 Å². The van der Waals surface area contributed by atoms with Crippen molar-refractivity contribution in [2.24, 2.45) is 0 Å². The van der Waals surface area contributed by atoms with E-state index in [9.17, 15) is 0 Å². The highest BCUT2D eigenvalue weighted by molar-refractivity contribution is 7.11. The fourth-order valence-electron chi connectivity index (χ4n) is 1.90. The fraction of sp³-hybridized carbons (Fsp3) is 0.333. The Hall–Kier alpha value is -2.02. The molecular formula is C12H14N6S. The molecule has 0 aliphatic carbocycles. The van der Waals surface area contributed by atoms with Gasteiger partial charge in [-0.3, -0.25) is 0 Å². The quantitative estimate of drug-likeness (QED) is 0.786. The largest absolute Gasteiger partial charge is 0.369 e. The topological polar surface area (TPSA) is 68.0 Å². The standard InChI is InChI=1S/C12H14N6S/c1-8-7-11(18-10(15-8)3-6-14-18)13-5-4-12-17-16-9(2)19-12/h3,6-7,13H,4-5H2,1-2H3. The number of aromatic nitrogens is 5. The molecule has 3 rings (SSSR count). The first-order valence-corrected chi connectivity index (χ1v) is 6.88. The van der Waals surface area contributed by atoms with Crippen molar-refractivity contribution in [2.45, 2.75) is 20.3 Å². The van der Waals surface area contributed by atoms with Gasteiger partial charge in [-0.15, -0.1) is 21.5 Å². The van der Waals surface area contributed by atoms with E-state index in [1.807, 2.05) is 26.0 Å². The lowest BCUT2D eigenvalue weighted by atomic mass is 10.4. The van der Waals surface area contributed by atoms with Crippen molar-refractivity contribution >= 4 is 22.8 Å². The van der Waals surface area contributed by atoms with Gasteiger partial charge in [0.1, 0.15) is 15.8 Å². The second kappa shape index (κ2) is 4.93. The van der Waals surface area contributed by atoms with Gasteiger partial charge in [0.2, 0.25) is 0 Å². The van der Waals surface area contributed by atoms with Crippen LogP contribution in [0.5, 0.6) is 0 Å². The van der Waals surface area contributed by atoms with E-state index in [1.165, 1.54) is 0 Å². The Morgan fingerprint density at radius 1 is 1.32 bits per heavy atom. The van der Waals surface area contributed by atoms with Gasteiger partial charge in [0.25, 0.3) is 0 Å². The molecule has 3 heterocycles. The molecule has 0 aliphatic heterocycles. The number of hydrogen-bond donors (Lipinski definition) is 1. The molecule has 0 saturated carbocycles. The predicted molar refractivity (Wildman–Crippen MR) is 74.6 cm³/mol. The summed E-state index contributed by atoms with van der Waals surface area (Å²) < 4.78 is 1.80. The maximum Gasteiger partial charge on any atom is 0.157 e. The monoisotopic (exact) mass is 274 g/mol. The third-order valence-corrected chi connectivity index (χ3v) is 3.60. The molecule has 19 heavy (non-hydrogen) atoms. The number of hydrogen-bond acceptors (Lipinski definition) is 6. The second-order valence-electron chi connectivity index (χ2n) is 4.28. The van der Waals surface area contributed by atoms with Gasteiger partial charge < -0.3 is 5.32 Å². The van der Waals surface area contributed by atoms with E-state index in [2.05, 4.69) is 25.6 Å². The van der Waals surface area contributed by atoms with E-state index in [1.54, 1.807) is 22.0 Å². The van der Waals surface area contributed by atoms with Crippen molar-refractivity contribution in [3.63, 3.8) is 0 Å². The van der Waals surface area contributed by atoms with Crippen LogP contribution in [-0.4, -0.2) is 31.3 Å². The molecule has 0 fully saturated rings. The molecule has 3 aromatic heterocycles. The zero-order valence-electron chi connectivity index (χ0n) is 10.8. The number of nitrogens with zero attached hydrogens (tertiary/aromatic N) is 5. The van der Waals surface area contributed by atoms with Crippen LogP contribution in [0, 0.1) is 13.8 Å². The number of fused-ring (bicyclic) bond motifs is 1. The first kappa shape index (κ1) is 12.0. The Morgan fingerprint density at radius 2 is 2.21 bits per heavy atom. The Bertz CT molecular complexity index is 701. The summed E-state index contributed by atoms with van der Waals surface area (Å²) in [6.07, 6.45) is 2.61. The van der Waals surface area contributed by atoms with Gasteiger partial charge >= 0.3 is 0 Å². The van der Waals surface area contributed by atoms with E-state index >= 15 is 0 Å². The summed E-state index contributed by atoms with van der Waals surface area (Å²) in [6.45, 7) is 4.74. The molecule has 0 unspecified atom stereocenters. The molecule has 0 radical (unpaired) electrons. The minimum Gasteiger partial charge on any atom is -0.369 e. The van der Waals surface area contributed by atoms with Crippen LogP contribution < -0.4 is 5.32 Å². The van der Waals surface area contributed by atoms with Gasteiger partial charge in [-0.05, 0) is 13.8 Å². The average Bonchev–Trinajstić information content (AvgIpc) is 2.98. The van der Waals surface area contributed by atoms with Gasteiger partial charge in [0.15, 0.2) is 5.65 Å². The van der Waals surface area contributed by atoms with Crippen molar-refractivity contribution in [1.29, 1.82) is 0 Å². The summed E-state index contributed by atoms with van der Waals surface area (Å²) in [5, 5.41) is 17.8. The van der Waals surface area contributed by atoms with Crippen LogP contribution >= 0.6 is 11.3 Å². The summed E-state index contributed by atoms with van der Waals surface area (Å²) in [6, 6.07) is 3.89. The number of aryl methyl sites for hydroxylation is 2. The van der Waals surface area contributed by atoms with Crippen LogP contribution in [0.15, 0.2) is 18.3 Å². The number of rotatable bonds is 4. The van der Waals surface area contributed by atoms with Crippen molar-refractivity contribution in [2.75, 3.05) is 11.9 Å². The van der Waals surface area contributed by atoms with Crippen LogP contribution in [-0.2, 0) is 6.42 Å². The number of anilines is 1. The van der Waals surface area contributed by atoms with E-state index < -0.39 is 0 Å². The molecule has 3 aromatic rings. The molecule has 7 heteroatoms. The Labute approximate surface area is 114 Å². The van der Waals surface area contributed by atoms with Crippen LogP contribution in [0.4, 0.5) is 5.82 Å². The number of nitrogens with one attached hydrogen (secondary N) is 1. The van der Waals surface area contributed by atoms with E-state index in [0.717, 1.165) is 40.1 Å². The van der Waals surface area contributed by atoms with Crippen LogP contribution in [0.2, 0.25) is 0 Å². The molecule has 0 bridgehead atoms. The minimum atomic E-state index is 0.799. The SMILES string of the molecule is Cc1cc(NCCc2nnc(C)s2)n2nccc2n1. The van der Waals surface area contributed by atoms with Crippen molar-refractivity contribution in [3.8, 4) is 0 Å². The van der Waals surface area contributed by atoms with Crippen LogP contribution in [0.3, 0.4) is 0 Å². The first-order valence-electron chi connectivity index (χ1n) is 6.06. The second-order valence-corrected chi connectivity index (χ2v) is 5.54. The van der Waals surface area contributed by atoms with Gasteiger partial charge in [-0.1, -0.05) is 0 Å². The van der Waals surface area contributed by atoms with E-state index in [0.29, 0.717) is 0 Å². The lowest BCUT2D eigenvalue weighted by Gasteiger charge is -2.08. The molecular weight excluding hydrogens is 260 g/mol. The lowest BCUT2D eigenvalue weighted by molar-refractivity contribution is 0.890. The summed E-state index contributed by atoms with van der Waals surface area (Å²) in [7, 11) is 0. The Balaban J connectivity index is 1.73. The third kappa shape index (κ3) is 2.55. The molecule has 1 N–H and O–H groups in total. The van der Waals surface area contributed by atoms with Crippen molar-refractivity contribution in [1.82, 2.24) is 24.8 Å². The molecule has 0 atom stereocenters. The summed E-state index contributed by atoms with van der Waals surface area (Å²) in [4.78, 5) is 4.41. The highest BCUT2D eigenvalue weighted by Gasteiger charge is 2.05. The molecule has 6 nitrogen and oxygen atoms in total. The summed E-state index contributed by atoms with van der Waals surface area (Å²) in [5.74, 6) is 0.953. The highest BCUT2D eigenvalue weighted by atomic mass is 32.1. The smallest absolute Gasteiger partial charge is 0.157 e. The maximum absolute atomic E-state index is 4.41. The van der Waals surface area contributed by atoms with Crippen molar-refractivity contribution < 1.29 is 0 Å². The molecule has 0 saturated heterocycles. The van der Waals surface area contributed by atoms with Gasteiger partial charge in [0, 0.05) is 30.8 Å². The van der Waals surface area contributed by atoms with Gasteiger partial charge in [0.05, 0.1) is 6.20 Å². The minimum absolute atomic E-state index is 0.799. The Morgan fingerprint density at radius 3 is 3.00 bits per heavy atom. The summed E-state index contributed by atoms with van der Waals surface area (Å²) in [5.41, 5.74) is 1.83.